The summed E-state index contributed by atoms with van der Waals surface area (Å²) in [5.41, 5.74) is 0.938. The van der Waals surface area contributed by atoms with Gasteiger partial charge >= 0.3 is 0 Å². The minimum absolute atomic E-state index is 0.311. The molecule has 0 bridgehead atoms. The van der Waals surface area contributed by atoms with Gasteiger partial charge in [-0.2, -0.15) is 0 Å². The summed E-state index contributed by atoms with van der Waals surface area (Å²) in [6.07, 6.45) is 3.15. The van der Waals surface area contributed by atoms with Crippen LogP contribution in [0.4, 0.5) is 0 Å². The molecule has 1 aromatic carbocycles. The molecule has 0 amide bonds. The average Bonchev–Trinajstić information content (AvgIpc) is 2.59. The Labute approximate surface area is 129 Å². The Morgan fingerprint density at radius 2 is 2.00 bits per heavy atom. The fourth-order valence-corrected chi connectivity index (χ4v) is 5.07. The van der Waals surface area contributed by atoms with Crippen molar-refractivity contribution in [3.8, 4) is 0 Å². The highest BCUT2D eigenvalue weighted by Gasteiger charge is 2.32. The van der Waals surface area contributed by atoms with Crippen LogP contribution in [-0.2, 0) is 9.84 Å². The topological polar surface area (TPSA) is 37.4 Å². The summed E-state index contributed by atoms with van der Waals surface area (Å²) in [5, 5.41) is -0.366. The second-order valence-corrected chi connectivity index (χ2v) is 8.58. The van der Waals surface area contributed by atoms with Crippen LogP contribution in [0.15, 0.2) is 30.3 Å². The van der Waals surface area contributed by atoms with E-state index >= 15 is 0 Å². The first-order valence-corrected chi connectivity index (χ1v) is 9.73. The first-order chi connectivity index (χ1) is 10.0. The van der Waals surface area contributed by atoms with Gasteiger partial charge in [0, 0.05) is 13.1 Å². The van der Waals surface area contributed by atoms with Gasteiger partial charge in [-0.3, -0.25) is 0 Å². The van der Waals surface area contributed by atoms with Crippen LogP contribution >= 0.6 is 0 Å². The maximum absolute atomic E-state index is 12.5. The van der Waals surface area contributed by atoms with Crippen molar-refractivity contribution in [1.29, 1.82) is 0 Å². The Kier molecular flexibility index (Phi) is 5.82. The van der Waals surface area contributed by atoms with Crippen LogP contribution < -0.4 is 0 Å². The summed E-state index contributed by atoms with van der Waals surface area (Å²) < 4.78 is 25.1. The first kappa shape index (κ1) is 16.5. The van der Waals surface area contributed by atoms with Crippen molar-refractivity contribution in [3.63, 3.8) is 0 Å². The smallest absolute Gasteiger partial charge is 0.158 e. The Bertz CT molecular complexity index is 527. The highest BCUT2D eigenvalue weighted by atomic mass is 32.2. The number of hydrogen-bond donors (Lipinski definition) is 0. The molecule has 21 heavy (non-hydrogen) atoms. The first-order valence-electron chi connectivity index (χ1n) is 8.01. The molecule has 1 aliphatic heterocycles. The molecule has 0 saturated carbocycles. The van der Waals surface area contributed by atoms with Gasteiger partial charge < -0.3 is 4.90 Å². The van der Waals surface area contributed by atoms with Crippen molar-refractivity contribution in [2.75, 3.05) is 25.4 Å². The van der Waals surface area contributed by atoms with Gasteiger partial charge in [0.15, 0.2) is 9.84 Å². The zero-order chi connectivity index (χ0) is 15.3. The molecule has 0 N–H and O–H groups in total. The van der Waals surface area contributed by atoms with E-state index in [2.05, 4.69) is 18.7 Å². The van der Waals surface area contributed by atoms with E-state index < -0.39 is 9.84 Å². The summed E-state index contributed by atoms with van der Waals surface area (Å²) in [7, 11) is -3.04. The van der Waals surface area contributed by atoms with Gasteiger partial charge in [-0.1, -0.05) is 50.6 Å². The zero-order valence-corrected chi connectivity index (χ0v) is 14.0. The largest absolute Gasteiger partial charge is 0.301 e. The molecule has 4 heteroatoms. The molecule has 1 fully saturated rings. The van der Waals surface area contributed by atoms with Gasteiger partial charge in [0.2, 0.25) is 0 Å². The summed E-state index contributed by atoms with van der Waals surface area (Å²) in [5.74, 6) is 0.942. The molecular formula is C17H27NO2S. The van der Waals surface area contributed by atoms with Gasteiger partial charge in [0.05, 0.1) is 11.0 Å². The lowest BCUT2D eigenvalue weighted by molar-refractivity contribution is 0.236. The minimum Gasteiger partial charge on any atom is -0.301 e. The van der Waals surface area contributed by atoms with E-state index in [-0.39, 0.29) is 5.25 Å². The van der Waals surface area contributed by atoms with Crippen LogP contribution in [-0.4, -0.2) is 38.7 Å². The molecule has 2 rings (SSSR count). The highest BCUT2D eigenvalue weighted by Crippen LogP contribution is 2.28. The molecule has 1 aliphatic rings. The number of nitrogens with zero attached hydrogens (tertiary/aromatic N) is 1. The third kappa shape index (κ3) is 4.55. The molecule has 1 aromatic rings. The summed E-state index contributed by atoms with van der Waals surface area (Å²) in [4.78, 5) is 2.35. The lowest BCUT2D eigenvalue weighted by atomic mass is 10.0. The molecule has 1 heterocycles. The molecule has 1 saturated heterocycles. The van der Waals surface area contributed by atoms with Gasteiger partial charge in [0.25, 0.3) is 0 Å². The maximum Gasteiger partial charge on any atom is 0.158 e. The third-order valence-electron chi connectivity index (χ3n) is 4.28. The van der Waals surface area contributed by atoms with E-state index in [0.717, 1.165) is 25.1 Å². The van der Waals surface area contributed by atoms with Crippen LogP contribution in [0.2, 0.25) is 0 Å². The number of benzene rings is 1. The monoisotopic (exact) mass is 309 g/mol. The third-order valence-corrected chi connectivity index (χ3v) is 6.43. The van der Waals surface area contributed by atoms with Crippen LogP contribution in [0.25, 0.3) is 0 Å². The zero-order valence-electron chi connectivity index (χ0n) is 13.2. The predicted molar refractivity (Wildman–Crippen MR) is 88.1 cm³/mol. The SMILES string of the molecule is CCCC(C)CN1CCCS(=O)(=O)C(c2ccccc2)C1. The Balaban J connectivity index is 2.15. The quantitative estimate of drug-likeness (QED) is 0.837. The van der Waals surface area contributed by atoms with E-state index in [0.29, 0.717) is 18.2 Å². The average molecular weight is 309 g/mol. The van der Waals surface area contributed by atoms with Gasteiger partial charge in [-0.25, -0.2) is 8.42 Å². The van der Waals surface area contributed by atoms with E-state index in [9.17, 15) is 8.42 Å². The second-order valence-electron chi connectivity index (χ2n) is 6.27. The lowest BCUT2D eigenvalue weighted by Gasteiger charge is -2.26. The molecule has 3 nitrogen and oxygen atoms in total. The summed E-state index contributed by atoms with van der Waals surface area (Å²) in [6, 6.07) is 9.69. The fourth-order valence-electron chi connectivity index (χ4n) is 3.24. The molecule has 0 radical (unpaired) electrons. The van der Waals surface area contributed by atoms with Gasteiger partial charge in [-0.05, 0) is 30.9 Å². The Hall–Kier alpha value is -0.870. The molecule has 0 aliphatic carbocycles. The lowest BCUT2D eigenvalue weighted by Crippen LogP contribution is -2.33. The predicted octanol–water partition coefficient (Wildman–Crippen LogP) is 3.28. The Morgan fingerprint density at radius 1 is 1.29 bits per heavy atom. The van der Waals surface area contributed by atoms with E-state index in [1.807, 2.05) is 30.3 Å². The maximum atomic E-state index is 12.5. The molecular weight excluding hydrogens is 282 g/mol. The standard InChI is InChI=1S/C17H27NO2S/c1-3-8-15(2)13-18-11-7-12-21(19,20)17(14-18)16-9-5-4-6-10-16/h4-6,9-10,15,17H,3,7-8,11-14H2,1-2H3. The summed E-state index contributed by atoms with van der Waals surface area (Å²) in [6.45, 7) is 7.01. The molecule has 2 unspecified atom stereocenters. The van der Waals surface area contributed by atoms with Crippen molar-refractivity contribution in [3.05, 3.63) is 35.9 Å². The normalized spacial score (nSPS) is 24.4. The molecule has 2 atom stereocenters. The van der Waals surface area contributed by atoms with Crippen molar-refractivity contribution in [1.82, 2.24) is 4.90 Å². The van der Waals surface area contributed by atoms with E-state index in [1.54, 1.807) is 0 Å². The number of hydrogen-bond acceptors (Lipinski definition) is 3. The van der Waals surface area contributed by atoms with Crippen molar-refractivity contribution in [2.24, 2.45) is 5.92 Å². The van der Waals surface area contributed by atoms with Crippen LogP contribution in [0.1, 0.15) is 43.9 Å². The molecule has 0 spiro atoms. The van der Waals surface area contributed by atoms with Gasteiger partial charge in [0.1, 0.15) is 0 Å². The summed E-state index contributed by atoms with van der Waals surface area (Å²) >= 11 is 0. The van der Waals surface area contributed by atoms with Crippen LogP contribution in [0.3, 0.4) is 0 Å². The van der Waals surface area contributed by atoms with Gasteiger partial charge in [-0.15, -0.1) is 0 Å². The van der Waals surface area contributed by atoms with E-state index in [4.69, 9.17) is 0 Å². The Morgan fingerprint density at radius 3 is 2.67 bits per heavy atom. The molecule has 0 aromatic heterocycles. The van der Waals surface area contributed by atoms with E-state index in [1.165, 1.54) is 12.8 Å². The van der Waals surface area contributed by atoms with Crippen LogP contribution in [0, 0.1) is 5.92 Å². The van der Waals surface area contributed by atoms with Crippen LogP contribution in [0.5, 0.6) is 0 Å². The highest BCUT2D eigenvalue weighted by molar-refractivity contribution is 7.91. The molecule has 118 valence electrons. The fraction of sp³-hybridized carbons (Fsp3) is 0.647. The van der Waals surface area contributed by atoms with Crippen molar-refractivity contribution in [2.45, 2.75) is 38.4 Å². The minimum atomic E-state index is -3.04. The van der Waals surface area contributed by atoms with Crippen molar-refractivity contribution >= 4 is 9.84 Å². The number of rotatable bonds is 5. The van der Waals surface area contributed by atoms with Crippen molar-refractivity contribution < 1.29 is 8.42 Å². The number of sulfone groups is 1. The second kappa shape index (κ2) is 7.41.